The Bertz CT molecular complexity index is 630. The van der Waals surface area contributed by atoms with Gasteiger partial charge in [-0.2, -0.15) is 10.2 Å². The van der Waals surface area contributed by atoms with E-state index in [4.69, 9.17) is 0 Å². The second-order valence-corrected chi connectivity index (χ2v) is 5.72. The van der Waals surface area contributed by atoms with Crippen molar-refractivity contribution in [3.63, 3.8) is 0 Å². The lowest BCUT2D eigenvalue weighted by atomic mass is 10.1. The Kier molecular flexibility index (Phi) is 3.77. The van der Waals surface area contributed by atoms with Crippen LogP contribution in [-0.2, 0) is 18.4 Å². The third kappa shape index (κ3) is 2.99. The highest BCUT2D eigenvalue weighted by molar-refractivity contribution is 5.77. The van der Waals surface area contributed by atoms with Crippen LogP contribution in [0.5, 0.6) is 0 Å². The fraction of sp³-hybridized carbons (Fsp3) is 0.533. The molecule has 6 heteroatoms. The van der Waals surface area contributed by atoms with E-state index in [1.54, 1.807) is 4.68 Å². The maximum absolute atomic E-state index is 12.5. The minimum Gasteiger partial charge on any atom is -0.335 e. The van der Waals surface area contributed by atoms with Crippen LogP contribution in [0.2, 0.25) is 0 Å². The van der Waals surface area contributed by atoms with E-state index in [0.29, 0.717) is 13.0 Å². The first-order valence-corrected chi connectivity index (χ1v) is 7.40. The zero-order valence-electron chi connectivity index (χ0n) is 12.6. The molecule has 0 aliphatic carbocycles. The van der Waals surface area contributed by atoms with Crippen LogP contribution in [0.4, 0.5) is 0 Å². The number of carbonyl (C=O) groups is 1. The standard InChI is InChI=1S/C15H21N5O/c1-12-8-17-19(10-12)7-5-15(21)20-6-3-4-14(20)13-9-16-18(2)11-13/h8-11,14H,3-7H2,1-2H3/t14-/m0/s1. The van der Waals surface area contributed by atoms with Crippen LogP contribution in [0.1, 0.15) is 36.4 Å². The predicted molar refractivity (Wildman–Crippen MR) is 78.5 cm³/mol. The summed E-state index contributed by atoms with van der Waals surface area (Å²) < 4.78 is 3.63. The van der Waals surface area contributed by atoms with Crippen LogP contribution in [0, 0.1) is 6.92 Å². The van der Waals surface area contributed by atoms with Crippen LogP contribution in [-0.4, -0.2) is 36.9 Å². The molecule has 3 rings (SSSR count). The molecule has 2 aromatic rings. The average molecular weight is 287 g/mol. The fourth-order valence-electron chi connectivity index (χ4n) is 2.97. The lowest BCUT2D eigenvalue weighted by Gasteiger charge is -2.24. The molecule has 2 aromatic heterocycles. The molecule has 1 atom stereocenters. The molecule has 0 radical (unpaired) electrons. The Hall–Kier alpha value is -2.11. The maximum Gasteiger partial charge on any atom is 0.224 e. The largest absolute Gasteiger partial charge is 0.335 e. The van der Waals surface area contributed by atoms with E-state index in [9.17, 15) is 4.79 Å². The number of hydrogen-bond acceptors (Lipinski definition) is 3. The highest BCUT2D eigenvalue weighted by Crippen LogP contribution is 2.32. The summed E-state index contributed by atoms with van der Waals surface area (Å²) in [6.07, 6.45) is 10.2. The van der Waals surface area contributed by atoms with E-state index in [0.717, 1.165) is 30.5 Å². The van der Waals surface area contributed by atoms with Gasteiger partial charge in [0.15, 0.2) is 0 Å². The molecule has 1 aliphatic rings. The zero-order chi connectivity index (χ0) is 14.8. The van der Waals surface area contributed by atoms with Gasteiger partial charge < -0.3 is 4.90 Å². The molecule has 1 amide bonds. The van der Waals surface area contributed by atoms with E-state index >= 15 is 0 Å². The quantitative estimate of drug-likeness (QED) is 0.859. The van der Waals surface area contributed by atoms with Crippen molar-refractivity contribution < 1.29 is 4.79 Å². The first-order chi connectivity index (χ1) is 10.1. The predicted octanol–water partition coefficient (Wildman–Crippen LogP) is 1.68. The third-order valence-electron chi connectivity index (χ3n) is 4.00. The number of carbonyl (C=O) groups excluding carboxylic acids is 1. The Morgan fingerprint density at radius 1 is 1.33 bits per heavy atom. The number of aromatic nitrogens is 4. The molecule has 0 aromatic carbocycles. The smallest absolute Gasteiger partial charge is 0.224 e. The van der Waals surface area contributed by atoms with Crippen LogP contribution in [0.3, 0.4) is 0 Å². The molecule has 112 valence electrons. The number of hydrogen-bond donors (Lipinski definition) is 0. The van der Waals surface area contributed by atoms with Gasteiger partial charge >= 0.3 is 0 Å². The minimum absolute atomic E-state index is 0.186. The van der Waals surface area contributed by atoms with E-state index in [1.807, 2.05) is 48.3 Å². The highest BCUT2D eigenvalue weighted by Gasteiger charge is 2.30. The molecule has 3 heterocycles. The van der Waals surface area contributed by atoms with Crippen molar-refractivity contribution in [1.82, 2.24) is 24.5 Å². The van der Waals surface area contributed by atoms with Gasteiger partial charge in [-0.15, -0.1) is 0 Å². The topological polar surface area (TPSA) is 56.0 Å². The van der Waals surface area contributed by atoms with Crippen molar-refractivity contribution in [1.29, 1.82) is 0 Å². The van der Waals surface area contributed by atoms with E-state index < -0.39 is 0 Å². The molecule has 0 saturated carbocycles. The van der Waals surface area contributed by atoms with Crippen LogP contribution in [0.15, 0.2) is 24.8 Å². The first kappa shape index (κ1) is 13.9. The maximum atomic E-state index is 12.5. The SMILES string of the molecule is Cc1cnn(CCC(=O)N2CCC[C@H]2c2cnn(C)c2)c1. The molecule has 1 saturated heterocycles. The summed E-state index contributed by atoms with van der Waals surface area (Å²) in [5.74, 6) is 0.203. The summed E-state index contributed by atoms with van der Waals surface area (Å²) in [5.41, 5.74) is 2.26. The Labute approximate surface area is 124 Å². The highest BCUT2D eigenvalue weighted by atomic mass is 16.2. The second kappa shape index (κ2) is 5.71. The van der Waals surface area contributed by atoms with Gasteiger partial charge in [0.2, 0.25) is 5.91 Å². The summed E-state index contributed by atoms with van der Waals surface area (Å²) in [7, 11) is 1.91. The molecular formula is C15H21N5O. The third-order valence-corrected chi connectivity index (χ3v) is 4.00. The summed E-state index contributed by atoms with van der Waals surface area (Å²) in [6.45, 7) is 3.49. The van der Waals surface area contributed by atoms with Crippen LogP contribution >= 0.6 is 0 Å². The van der Waals surface area contributed by atoms with Gasteiger partial charge in [-0.1, -0.05) is 0 Å². The van der Waals surface area contributed by atoms with Crippen molar-refractivity contribution in [3.8, 4) is 0 Å². The first-order valence-electron chi connectivity index (χ1n) is 7.40. The Morgan fingerprint density at radius 3 is 2.86 bits per heavy atom. The molecule has 0 bridgehead atoms. The molecule has 21 heavy (non-hydrogen) atoms. The van der Waals surface area contributed by atoms with Gasteiger partial charge in [0.1, 0.15) is 0 Å². The number of aryl methyl sites for hydroxylation is 3. The van der Waals surface area contributed by atoms with Crippen molar-refractivity contribution in [2.75, 3.05) is 6.54 Å². The van der Waals surface area contributed by atoms with E-state index in [2.05, 4.69) is 10.2 Å². The summed E-state index contributed by atoms with van der Waals surface area (Å²) in [4.78, 5) is 14.5. The van der Waals surface area contributed by atoms with Crippen LogP contribution in [0.25, 0.3) is 0 Å². The van der Waals surface area contributed by atoms with Gasteiger partial charge in [0.05, 0.1) is 18.4 Å². The number of likely N-dealkylation sites (tertiary alicyclic amines) is 1. The lowest BCUT2D eigenvalue weighted by molar-refractivity contribution is -0.132. The van der Waals surface area contributed by atoms with Crippen molar-refractivity contribution in [3.05, 3.63) is 35.9 Å². The van der Waals surface area contributed by atoms with Gasteiger partial charge in [0, 0.05) is 44.5 Å². The molecular weight excluding hydrogens is 266 g/mol. The van der Waals surface area contributed by atoms with Crippen molar-refractivity contribution >= 4 is 5.91 Å². The summed E-state index contributed by atoms with van der Waals surface area (Å²) in [6, 6.07) is 0.186. The fourth-order valence-corrected chi connectivity index (χ4v) is 2.97. The van der Waals surface area contributed by atoms with Gasteiger partial charge in [-0.05, 0) is 25.3 Å². The second-order valence-electron chi connectivity index (χ2n) is 5.72. The Balaban J connectivity index is 1.63. The number of nitrogens with zero attached hydrogens (tertiary/aromatic N) is 5. The molecule has 0 unspecified atom stereocenters. The van der Waals surface area contributed by atoms with E-state index in [-0.39, 0.29) is 11.9 Å². The number of rotatable bonds is 4. The van der Waals surface area contributed by atoms with Gasteiger partial charge in [-0.25, -0.2) is 0 Å². The summed E-state index contributed by atoms with van der Waals surface area (Å²) >= 11 is 0. The zero-order valence-corrected chi connectivity index (χ0v) is 12.6. The van der Waals surface area contributed by atoms with Gasteiger partial charge in [-0.3, -0.25) is 14.2 Å². The lowest BCUT2D eigenvalue weighted by Crippen LogP contribution is -2.31. The molecule has 1 aliphatic heterocycles. The van der Waals surface area contributed by atoms with Crippen molar-refractivity contribution in [2.24, 2.45) is 7.05 Å². The van der Waals surface area contributed by atoms with E-state index in [1.165, 1.54) is 0 Å². The number of amides is 1. The minimum atomic E-state index is 0.186. The average Bonchev–Trinajstić information content (AvgIpc) is 3.16. The molecule has 0 N–H and O–H groups in total. The normalized spacial score (nSPS) is 18.4. The monoisotopic (exact) mass is 287 g/mol. The Morgan fingerprint density at radius 2 is 2.19 bits per heavy atom. The van der Waals surface area contributed by atoms with Crippen LogP contribution < -0.4 is 0 Å². The summed E-state index contributed by atoms with van der Waals surface area (Å²) in [5, 5.41) is 8.44. The van der Waals surface area contributed by atoms with Gasteiger partial charge in [0.25, 0.3) is 0 Å². The molecule has 0 spiro atoms. The molecule has 6 nitrogen and oxygen atoms in total. The van der Waals surface area contributed by atoms with Crippen molar-refractivity contribution in [2.45, 2.75) is 38.8 Å². The molecule has 1 fully saturated rings.